The fourth-order valence-corrected chi connectivity index (χ4v) is 2.12. The highest BCUT2D eigenvalue weighted by atomic mass is 35.5. The molecule has 2 unspecified atom stereocenters. The third kappa shape index (κ3) is 3.37. The van der Waals surface area contributed by atoms with Crippen LogP contribution in [0, 0.1) is 5.41 Å². The average Bonchev–Trinajstić information content (AvgIpc) is 2.21. The summed E-state index contributed by atoms with van der Waals surface area (Å²) in [5.41, 5.74) is -0.270. The zero-order valence-corrected chi connectivity index (χ0v) is 10.7. The monoisotopic (exact) mass is 231 g/mol. The van der Waals surface area contributed by atoms with Crippen molar-refractivity contribution in [2.45, 2.75) is 64.3 Å². The van der Waals surface area contributed by atoms with Crippen molar-refractivity contribution < 1.29 is 4.79 Å². The van der Waals surface area contributed by atoms with Gasteiger partial charge in [-0.2, -0.15) is 0 Å². The Kier molecular flexibility index (Phi) is 4.45. The van der Waals surface area contributed by atoms with E-state index in [2.05, 4.69) is 5.32 Å². The van der Waals surface area contributed by atoms with Gasteiger partial charge in [0.15, 0.2) is 0 Å². The number of nitrogens with one attached hydrogen (secondary N) is 1. The first-order valence-corrected chi connectivity index (χ1v) is 6.36. The van der Waals surface area contributed by atoms with Crippen LogP contribution in [-0.2, 0) is 4.79 Å². The number of carbonyl (C=O) groups excluding carboxylic acids is 1. The van der Waals surface area contributed by atoms with E-state index in [9.17, 15) is 4.79 Å². The lowest BCUT2D eigenvalue weighted by atomic mass is 9.87. The zero-order chi connectivity index (χ0) is 11.5. The maximum absolute atomic E-state index is 11.9. The van der Waals surface area contributed by atoms with E-state index in [0.29, 0.717) is 0 Å². The van der Waals surface area contributed by atoms with E-state index in [1.54, 1.807) is 0 Å². The molecule has 0 spiro atoms. The molecule has 2 atom stereocenters. The number of halogens is 1. The molecule has 1 amide bonds. The van der Waals surface area contributed by atoms with Crippen molar-refractivity contribution in [1.82, 2.24) is 5.32 Å². The second-order valence-corrected chi connectivity index (χ2v) is 5.68. The largest absolute Gasteiger partial charge is 0.351 e. The van der Waals surface area contributed by atoms with Gasteiger partial charge in [-0.3, -0.25) is 4.79 Å². The predicted octanol–water partition coefficient (Wildman–Crippen LogP) is 3.09. The van der Waals surface area contributed by atoms with Crippen LogP contribution in [0.5, 0.6) is 0 Å². The summed E-state index contributed by atoms with van der Waals surface area (Å²) in [6, 6.07) is 0.179. The first-order chi connectivity index (χ1) is 6.97. The Labute approximate surface area is 97.8 Å². The quantitative estimate of drug-likeness (QED) is 0.744. The van der Waals surface area contributed by atoms with Gasteiger partial charge in [0, 0.05) is 11.5 Å². The van der Waals surface area contributed by atoms with Crippen LogP contribution in [0.15, 0.2) is 0 Å². The number of amides is 1. The van der Waals surface area contributed by atoms with E-state index in [4.69, 9.17) is 11.6 Å². The lowest BCUT2D eigenvalue weighted by Gasteiger charge is -2.31. The van der Waals surface area contributed by atoms with E-state index in [1.165, 1.54) is 12.8 Å². The van der Waals surface area contributed by atoms with Crippen molar-refractivity contribution in [1.29, 1.82) is 0 Å². The van der Waals surface area contributed by atoms with Crippen molar-refractivity contribution in [2.75, 3.05) is 0 Å². The van der Waals surface area contributed by atoms with Gasteiger partial charge in [-0.15, -0.1) is 11.6 Å². The summed E-state index contributed by atoms with van der Waals surface area (Å²) in [7, 11) is 0. The van der Waals surface area contributed by atoms with Gasteiger partial charge in [0.1, 0.15) is 0 Å². The molecule has 0 aromatic heterocycles. The molecule has 0 radical (unpaired) electrons. The topological polar surface area (TPSA) is 29.1 Å². The maximum Gasteiger partial charge on any atom is 0.225 e. The lowest BCUT2D eigenvalue weighted by molar-refractivity contribution is -0.130. The summed E-state index contributed by atoms with van der Waals surface area (Å²) < 4.78 is 0. The molecule has 1 N–H and O–H groups in total. The molecule has 0 bridgehead atoms. The summed E-state index contributed by atoms with van der Waals surface area (Å²) in [5, 5.41) is 3.21. The molecule has 0 heterocycles. The van der Waals surface area contributed by atoms with E-state index in [0.717, 1.165) is 19.3 Å². The molecule has 1 rings (SSSR count). The standard InChI is InChI=1S/C12H22ClNO/c1-4-12(2,3)11(15)14-10-8-6-5-7-9(10)13/h9-10H,4-8H2,1-3H3,(H,14,15). The number of hydrogen-bond acceptors (Lipinski definition) is 1. The third-order valence-electron chi connectivity index (χ3n) is 3.50. The molecule has 1 aliphatic carbocycles. The predicted molar refractivity (Wildman–Crippen MR) is 64.1 cm³/mol. The summed E-state index contributed by atoms with van der Waals surface area (Å²) in [6.07, 6.45) is 5.29. The van der Waals surface area contributed by atoms with Crippen molar-refractivity contribution in [3.05, 3.63) is 0 Å². The van der Waals surface area contributed by atoms with Crippen LogP contribution in [0.25, 0.3) is 0 Å². The second kappa shape index (κ2) is 5.20. The summed E-state index contributed by atoms with van der Waals surface area (Å²) >= 11 is 6.21. The van der Waals surface area contributed by atoms with Crippen LogP contribution in [-0.4, -0.2) is 17.3 Å². The molecule has 1 saturated carbocycles. The normalized spacial score (nSPS) is 27.5. The summed E-state index contributed by atoms with van der Waals surface area (Å²) in [5.74, 6) is 0.141. The first-order valence-electron chi connectivity index (χ1n) is 5.92. The number of carbonyl (C=O) groups is 1. The fourth-order valence-electron chi connectivity index (χ4n) is 1.77. The average molecular weight is 232 g/mol. The maximum atomic E-state index is 11.9. The third-order valence-corrected chi connectivity index (χ3v) is 4.02. The van der Waals surface area contributed by atoms with Gasteiger partial charge in [-0.05, 0) is 19.3 Å². The van der Waals surface area contributed by atoms with Crippen LogP contribution in [0.2, 0.25) is 0 Å². The minimum Gasteiger partial charge on any atom is -0.351 e. The Morgan fingerprint density at radius 2 is 2.00 bits per heavy atom. The van der Waals surface area contributed by atoms with Crippen LogP contribution in [0.4, 0.5) is 0 Å². The first kappa shape index (κ1) is 12.8. The molecule has 0 aromatic rings. The molecule has 0 aromatic carbocycles. The Balaban J connectivity index is 2.50. The van der Waals surface area contributed by atoms with E-state index in [-0.39, 0.29) is 22.7 Å². The number of rotatable bonds is 3. The zero-order valence-electron chi connectivity index (χ0n) is 9.98. The van der Waals surface area contributed by atoms with E-state index in [1.807, 2.05) is 20.8 Å². The molecule has 15 heavy (non-hydrogen) atoms. The Morgan fingerprint density at radius 3 is 2.53 bits per heavy atom. The Morgan fingerprint density at radius 1 is 1.40 bits per heavy atom. The minimum atomic E-state index is -0.270. The molecule has 2 nitrogen and oxygen atoms in total. The molecule has 1 fully saturated rings. The van der Waals surface area contributed by atoms with Gasteiger partial charge in [0.05, 0.1) is 5.38 Å². The molecule has 0 saturated heterocycles. The number of alkyl halides is 1. The smallest absolute Gasteiger partial charge is 0.225 e. The summed E-state index contributed by atoms with van der Waals surface area (Å²) in [4.78, 5) is 11.9. The fraction of sp³-hybridized carbons (Fsp3) is 0.917. The van der Waals surface area contributed by atoms with Gasteiger partial charge in [0.2, 0.25) is 5.91 Å². The van der Waals surface area contributed by atoms with Crippen molar-refractivity contribution in [3.63, 3.8) is 0 Å². The van der Waals surface area contributed by atoms with Crippen molar-refractivity contribution in [3.8, 4) is 0 Å². The SMILES string of the molecule is CCC(C)(C)C(=O)NC1CCCCC1Cl. The molecule has 0 aliphatic heterocycles. The number of hydrogen-bond donors (Lipinski definition) is 1. The van der Waals surface area contributed by atoms with Crippen LogP contribution < -0.4 is 5.32 Å². The van der Waals surface area contributed by atoms with Crippen molar-refractivity contribution >= 4 is 17.5 Å². The molecular weight excluding hydrogens is 210 g/mol. The summed E-state index contributed by atoms with van der Waals surface area (Å²) in [6.45, 7) is 6.00. The van der Waals surface area contributed by atoms with E-state index < -0.39 is 0 Å². The van der Waals surface area contributed by atoms with Gasteiger partial charge in [0.25, 0.3) is 0 Å². The van der Waals surface area contributed by atoms with Crippen LogP contribution in [0.3, 0.4) is 0 Å². The Hall–Kier alpha value is -0.240. The molecule has 3 heteroatoms. The highest BCUT2D eigenvalue weighted by molar-refractivity contribution is 6.21. The van der Waals surface area contributed by atoms with Gasteiger partial charge in [-0.1, -0.05) is 33.6 Å². The minimum absolute atomic E-state index is 0.121. The molecular formula is C12H22ClNO. The van der Waals surface area contributed by atoms with Gasteiger partial charge in [-0.25, -0.2) is 0 Å². The molecule has 1 aliphatic rings. The highest BCUT2D eigenvalue weighted by Crippen LogP contribution is 2.25. The highest BCUT2D eigenvalue weighted by Gasteiger charge is 2.30. The van der Waals surface area contributed by atoms with Crippen molar-refractivity contribution in [2.24, 2.45) is 5.41 Å². The molecule has 88 valence electrons. The lowest BCUT2D eigenvalue weighted by Crippen LogP contribution is -2.47. The Bertz CT molecular complexity index is 228. The van der Waals surface area contributed by atoms with Crippen LogP contribution >= 0.6 is 11.6 Å². The van der Waals surface area contributed by atoms with E-state index >= 15 is 0 Å². The van der Waals surface area contributed by atoms with Gasteiger partial charge >= 0.3 is 0 Å². The van der Waals surface area contributed by atoms with Gasteiger partial charge < -0.3 is 5.32 Å². The van der Waals surface area contributed by atoms with Crippen LogP contribution in [0.1, 0.15) is 52.9 Å². The second-order valence-electron chi connectivity index (χ2n) is 5.12.